The van der Waals surface area contributed by atoms with Gasteiger partial charge in [0.15, 0.2) is 0 Å². The summed E-state index contributed by atoms with van der Waals surface area (Å²) in [4.78, 5) is 24.9. The molecule has 0 aliphatic rings. The quantitative estimate of drug-likeness (QED) is 0.168. The van der Waals surface area contributed by atoms with Gasteiger partial charge in [0, 0.05) is 21.2 Å². The van der Waals surface area contributed by atoms with E-state index in [-0.39, 0.29) is 0 Å². The zero-order valence-electron chi connectivity index (χ0n) is 16.6. The van der Waals surface area contributed by atoms with Gasteiger partial charge in [0.25, 0.3) is 5.91 Å². The number of amides is 1. The number of carbonyl (C=O) groups is 2. The van der Waals surface area contributed by atoms with E-state index in [4.69, 9.17) is 27.9 Å². The van der Waals surface area contributed by atoms with Crippen molar-refractivity contribution in [3.63, 3.8) is 0 Å². The van der Waals surface area contributed by atoms with Gasteiger partial charge >= 0.3 is 5.97 Å². The van der Waals surface area contributed by atoms with Crippen LogP contribution in [0.4, 0.5) is 0 Å². The number of nitrogens with zero attached hydrogens (tertiary/aromatic N) is 1. The predicted molar refractivity (Wildman–Crippen MR) is 127 cm³/mol. The Balaban J connectivity index is 1.62. The first-order valence-electron chi connectivity index (χ1n) is 9.60. The van der Waals surface area contributed by atoms with E-state index in [1.807, 2.05) is 30.3 Å². The van der Waals surface area contributed by atoms with Gasteiger partial charge in [0.1, 0.15) is 5.75 Å². The van der Waals surface area contributed by atoms with Crippen molar-refractivity contribution in [2.24, 2.45) is 5.10 Å². The summed E-state index contributed by atoms with van der Waals surface area (Å²) in [5.41, 5.74) is 3.82. The lowest BCUT2D eigenvalue weighted by Gasteiger charge is -2.10. The predicted octanol–water partition coefficient (Wildman–Crippen LogP) is 6.13. The van der Waals surface area contributed by atoms with Gasteiger partial charge < -0.3 is 4.74 Å². The second-order valence-electron chi connectivity index (χ2n) is 6.80. The van der Waals surface area contributed by atoms with Crippen molar-refractivity contribution in [3.05, 3.63) is 112 Å². The van der Waals surface area contributed by atoms with Gasteiger partial charge in [-0.2, -0.15) is 5.10 Å². The van der Waals surface area contributed by atoms with E-state index in [0.717, 1.165) is 10.8 Å². The van der Waals surface area contributed by atoms with Crippen molar-refractivity contribution in [3.8, 4) is 5.75 Å². The maximum atomic E-state index is 12.6. The van der Waals surface area contributed by atoms with Gasteiger partial charge in [0.05, 0.1) is 11.8 Å². The molecule has 0 bridgehead atoms. The monoisotopic (exact) mass is 462 g/mol. The van der Waals surface area contributed by atoms with Crippen molar-refractivity contribution in [2.45, 2.75) is 0 Å². The highest BCUT2D eigenvalue weighted by Crippen LogP contribution is 2.27. The van der Waals surface area contributed by atoms with Crippen LogP contribution in [0.3, 0.4) is 0 Å². The first-order valence-corrected chi connectivity index (χ1v) is 10.4. The number of ether oxygens (including phenoxy) is 1. The Hall–Kier alpha value is -3.67. The standard InChI is InChI=1S/C25H16Cl2N2O3/c26-19-10-5-17(6-11-19)24(30)29-28-15-22-21-4-2-1-3-16(21)9-14-23(22)32-25(31)18-7-12-20(27)13-8-18/h1-15H,(H,29,30)/b28-15+. The molecule has 0 saturated carbocycles. The number of hydrazone groups is 1. The van der Waals surface area contributed by atoms with Gasteiger partial charge in [-0.25, -0.2) is 10.2 Å². The summed E-state index contributed by atoms with van der Waals surface area (Å²) in [6.07, 6.45) is 1.46. The molecule has 1 N–H and O–H groups in total. The van der Waals surface area contributed by atoms with Crippen LogP contribution in [0.15, 0.2) is 90.0 Å². The zero-order chi connectivity index (χ0) is 22.5. The Morgan fingerprint density at radius 2 is 1.41 bits per heavy atom. The molecule has 0 saturated heterocycles. The topological polar surface area (TPSA) is 67.8 Å². The molecular weight excluding hydrogens is 447 g/mol. The Morgan fingerprint density at radius 3 is 2.09 bits per heavy atom. The van der Waals surface area contributed by atoms with Crippen LogP contribution in [-0.4, -0.2) is 18.1 Å². The van der Waals surface area contributed by atoms with Crippen LogP contribution in [0.1, 0.15) is 26.3 Å². The Morgan fingerprint density at radius 1 is 0.781 bits per heavy atom. The summed E-state index contributed by atoms with van der Waals surface area (Å²) in [7, 11) is 0. The van der Waals surface area contributed by atoms with E-state index >= 15 is 0 Å². The molecule has 0 heterocycles. The van der Waals surface area contributed by atoms with E-state index < -0.39 is 11.9 Å². The molecule has 0 unspecified atom stereocenters. The molecule has 0 spiro atoms. The maximum Gasteiger partial charge on any atom is 0.343 e. The number of hydrogen-bond acceptors (Lipinski definition) is 4. The SMILES string of the molecule is O=C(N/N=C/c1c(OC(=O)c2ccc(Cl)cc2)ccc2ccccc12)c1ccc(Cl)cc1. The van der Waals surface area contributed by atoms with E-state index in [1.54, 1.807) is 54.6 Å². The molecule has 4 rings (SSSR count). The Bertz CT molecular complexity index is 1320. The fourth-order valence-electron chi connectivity index (χ4n) is 3.06. The van der Waals surface area contributed by atoms with Crippen LogP contribution in [0.5, 0.6) is 5.75 Å². The lowest BCUT2D eigenvalue weighted by Crippen LogP contribution is -2.17. The van der Waals surface area contributed by atoms with Crippen molar-refractivity contribution in [1.82, 2.24) is 5.43 Å². The largest absolute Gasteiger partial charge is 0.422 e. The summed E-state index contributed by atoms with van der Waals surface area (Å²) in [5.74, 6) is -0.609. The fraction of sp³-hybridized carbons (Fsp3) is 0. The van der Waals surface area contributed by atoms with Gasteiger partial charge in [-0.3, -0.25) is 4.79 Å². The van der Waals surface area contributed by atoms with Crippen molar-refractivity contribution in [2.75, 3.05) is 0 Å². The van der Waals surface area contributed by atoms with Crippen molar-refractivity contribution in [1.29, 1.82) is 0 Å². The van der Waals surface area contributed by atoms with E-state index in [1.165, 1.54) is 6.21 Å². The van der Waals surface area contributed by atoms with Crippen molar-refractivity contribution >= 4 is 52.1 Å². The third-order valence-corrected chi connectivity index (χ3v) is 5.18. The maximum absolute atomic E-state index is 12.6. The lowest BCUT2D eigenvalue weighted by atomic mass is 10.0. The number of benzene rings is 4. The Labute approximate surface area is 194 Å². The number of carbonyl (C=O) groups excluding carboxylic acids is 2. The highest BCUT2D eigenvalue weighted by atomic mass is 35.5. The number of fused-ring (bicyclic) bond motifs is 1. The molecule has 0 radical (unpaired) electrons. The second-order valence-corrected chi connectivity index (χ2v) is 7.67. The summed E-state index contributed by atoms with van der Waals surface area (Å²) in [6.45, 7) is 0. The molecule has 0 aliphatic heterocycles. The summed E-state index contributed by atoms with van der Waals surface area (Å²) in [6, 6.07) is 24.0. The first kappa shape index (κ1) is 21.6. The molecular formula is C25H16Cl2N2O3. The third kappa shape index (κ3) is 4.97. The summed E-state index contributed by atoms with van der Waals surface area (Å²) < 4.78 is 5.63. The second kappa shape index (κ2) is 9.64. The lowest BCUT2D eigenvalue weighted by molar-refractivity contribution is 0.0734. The fourth-order valence-corrected chi connectivity index (χ4v) is 3.32. The van der Waals surface area contributed by atoms with E-state index in [9.17, 15) is 9.59 Å². The smallest absolute Gasteiger partial charge is 0.343 e. The minimum absolute atomic E-state index is 0.313. The van der Waals surface area contributed by atoms with Crippen LogP contribution in [0, 0.1) is 0 Å². The summed E-state index contributed by atoms with van der Waals surface area (Å²) in [5, 5.41) is 6.89. The van der Waals surface area contributed by atoms with Gasteiger partial charge in [-0.15, -0.1) is 0 Å². The molecule has 0 fully saturated rings. The number of esters is 1. The first-order chi connectivity index (χ1) is 15.5. The van der Waals surface area contributed by atoms with Crippen molar-refractivity contribution < 1.29 is 14.3 Å². The molecule has 0 aliphatic carbocycles. The highest BCUT2D eigenvalue weighted by Gasteiger charge is 2.14. The molecule has 5 nitrogen and oxygen atoms in total. The number of halogens is 2. The molecule has 4 aromatic rings. The Kier molecular flexibility index (Phi) is 6.50. The van der Waals surface area contributed by atoms with Gasteiger partial charge in [-0.05, 0) is 65.4 Å². The molecule has 0 aromatic heterocycles. The van der Waals surface area contributed by atoms with E-state index in [0.29, 0.717) is 32.5 Å². The number of nitrogens with one attached hydrogen (secondary N) is 1. The normalized spacial score (nSPS) is 10.9. The molecule has 158 valence electrons. The number of hydrogen-bond donors (Lipinski definition) is 1. The van der Waals surface area contributed by atoms with Gasteiger partial charge in [0.2, 0.25) is 0 Å². The summed E-state index contributed by atoms with van der Waals surface area (Å²) >= 11 is 11.7. The molecule has 1 amide bonds. The van der Waals surface area contributed by atoms with Crippen LogP contribution < -0.4 is 10.2 Å². The molecule has 4 aromatic carbocycles. The van der Waals surface area contributed by atoms with Crippen LogP contribution in [0.2, 0.25) is 10.0 Å². The van der Waals surface area contributed by atoms with Crippen LogP contribution >= 0.6 is 23.2 Å². The molecule has 7 heteroatoms. The van der Waals surface area contributed by atoms with Crippen LogP contribution in [-0.2, 0) is 0 Å². The van der Waals surface area contributed by atoms with Crippen LogP contribution in [0.25, 0.3) is 10.8 Å². The average molecular weight is 463 g/mol. The third-order valence-electron chi connectivity index (χ3n) is 4.68. The minimum atomic E-state index is -0.531. The van der Waals surface area contributed by atoms with E-state index in [2.05, 4.69) is 10.5 Å². The molecule has 32 heavy (non-hydrogen) atoms. The zero-order valence-corrected chi connectivity index (χ0v) is 18.1. The van der Waals surface area contributed by atoms with Gasteiger partial charge in [-0.1, -0.05) is 53.5 Å². The highest BCUT2D eigenvalue weighted by molar-refractivity contribution is 6.31. The minimum Gasteiger partial charge on any atom is -0.422 e. The number of rotatable bonds is 5. The molecule has 0 atom stereocenters. The average Bonchev–Trinajstić information content (AvgIpc) is 2.81.